The number of carbonyl (C=O) groups excluding carboxylic acids is 2. The molecule has 0 unspecified atom stereocenters. The maximum atomic E-state index is 12.5. The van der Waals surface area contributed by atoms with Crippen LogP contribution in [0.3, 0.4) is 0 Å². The third-order valence-electron chi connectivity index (χ3n) is 6.20. The second-order valence-corrected chi connectivity index (χ2v) is 8.52. The molecule has 1 heterocycles. The third kappa shape index (κ3) is 5.68. The molecule has 1 aliphatic carbocycles. The smallest absolute Gasteiger partial charge is 0.407 e. The molecular formula is C26H28N4O5. The van der Waals surface area contributed by atoms with Gasteiger partial charge in [0.05, 0.1) is 6.33 Å². The summed E-state index contributed by atoms with van der Waals surface area (Å²) >= 11 is 0. The minimum Gasteiger partial charge on any atom is -0.480 e. The van der Waals surface area contributed by atoms with E-state index in [1.807, 2.05) is 43.3 Å². The Hall–Kier alpha value is -4.14. The summed E-state index contributed by atoms with van der Waals surface area (Å²) < 4.78 is 5.56. The minimum absolute atomic E-state index is 0.0599. The lowest BCUT2D eigenvalue weighted by Crippen LogP contribution is -2.45. The highest BCUT2D eigenvalue weighted by Crippen LogP contribution is 2.44. The number of imidazole rings is 1. The van der Waals surface area contributed by atoms with Gasteiger partial charge in [-0.15, -0.1) is 0 Å². The Bertz CT molecular complexity index is 1150. The molecule has 0 fully saturated rings. The van der Waals surface area contributed by atoms with Gasteiger partial charge in [0.25, 0.3) is 0 Å². The van der Waals surface area contributed by atoms with Crippen LogP contribution in [0.1, 0.15) is 42.5 Å². The van der Waals surface area contributed by atoms with Crippen LogP contribution in [0, 0.1) is 0 Å². The molecule has 0 aliphatic heterocycles. The summed E-state index contributed by atoms with van der Waals surface area (Å²) in [4.78, 5) is 43.3. The number of alkyl carbamates (subject to hydrolysis) is 1. The van der Waals surface area contributed by atoms with E-state index in [0.29, 0.717) is 12.1 Å². The van der Waals surface area contributed by atoms with Crippen molar-refractivity contribution in [3.63, 3.8) is 0 Å². The number of hydrogen-bond acceptors (Lipinski definition) is 5. The number of carbonyl (C=O) groups is 3. The Balaban J connectivity index is 1.31. The zero-order valence-electron chi connectivity index (χ0n) is 19.4. The fraction of sp³-hybridized carbons (Fsp3) is 0.308. The van der Waals surface area contributed by atoms with Gasteiger partial charge in [0.1, 0.15) is 12.6 Å². The van der Waals surface area contributed by atoms with Crippen molar-refractivity contribution in [2.45, 2.75) is 44.2 Å². The Morgan fingerprint density at radius 2 is 1.71 bits per heavy atom. The average molecular weight is 477 g/mol. The number of nitrogens with one attached hydrogen (secondary N) is 3. The molecule has 1 aliphatic rings. The van der Waals surface area contributed by atoms with E-state index in [0.717, 1.165) is 22.3 Å². The summed E-state index contributed by atoms with van der Waals surface area (Å²) in [5.41, 5.74) is 5.11. The topological polar surface area (TPSA) is 133 Å². The number of carboxylic acids is 1. The molecule has 0 spiro atoms. The van der Waals surface area contributed by atoms with Crippen molar-refractivity contribution >= 4 is 18.0 Å². The zero-order valence-corrected chi connectivity index (χ0v) is 19.4. The Morgan fingerprint density at radius 3 is 2.29 bits per heavy atom. The molecule has 0 saturated heterocycles. The summed E-state index contributed by atoms with van der Waals surface area (Å²) in [6.45, 7) is 2.01. The number of aromatic amines is 1. The predicted molar refractivity (Wildman–Crippen MR) is 129 cm³/mol. The van der Waals surface area contributed by atoms with E-state index in [9.17, 15) is 19.5 Å². The molecule has 2 amide bonds. The molecule has 35 heavy (non-hydrogen) atoms. The maximum absolute atomic E-state index is 12.5. The summed E-state index contributed by atoms with van der Waals surface area (Å²) in [6.07, 6.45) is 2.84. The molecule has 2 aromatic carbocycles. The minimum atomic E-state index is -1.15. The van der Waals surface area contributed by atoms with E-state index < -0.39 is 30.1 Å². The molecule has 2 atom stereocenters. The normalized spacial score (nSPS) is 13.9. The van der Waals surface area contributed by atoms with Crippen molar-refractivity contribution < 1.29 is 24.2 Å². The van der Waals surface area contributed by atoms with Crippen LogP contribution in [0.2, 0.25) is 0 Å². The number of ether oxygens (including phenoxy) is 1. The number of nitrogens with zero attached hydrogens (tertiary/aromatic N) is 1. The highest BCUT2D eigenvalue weighted by atomic mass is 16.5. The lowest BCUT2D eigenvalue weighted by atomic mass is 9.98. The van der Waals surface area contributed by atoms with Crippen molar-refractivity contribution in [1.29, 1.82) is 0 Å². The molecule has 3 aromatic rings. The van der Waals surface area contributed by atoms with Crippen LogP contribution in [0.5, 0.6) is 0 Å². The number of hydrogen-bond donors (Lipinski definition) is 4. The van der Waals surface area contributed by atoms with Gasteiger partial charge >= 0.3 is 12.1 Å². The van der Waals surface area contributed by atoms with Gasteiger partial charge in [-0.05, 0) is 28.7 Å². The largest absolute Gasteiger partial charge is 0.480 e. The highest BCUT2D eigenvalue weighted by molar-refractivity contribution is 5.84. The van der Waals surface area contributed by atoms with E-state index in [1.165, 1.54) is 12.5 Å². The van der Waals surface area contributed by atoms with Crippen molar-refractivity contribution in [1.82, 2.24) is 20.6 Å². The molecule has 0 saturated carbocycles. The van der Waals surface area contributed by atoms with Gasteiger partial charge in [-0.2, -0.15) is 0 Å². The van der Waals surface area contributed by atoms with E-state index in [-0.39, 0.29) is 25.4 Å². The molecule has 0 bridgehead atoms. The number of fused-ring (bicyclic) bond motifs is 3. The van der Waals surface area contributed by atoms with Gasteiger partial charge in [-0.3, -0.25) is 4.79 Å². The van der Waals surface area contributed by atoms with Crippen molar-refractivity contribution in [2.24, 2.45) is 0 Å². The summed E-state index contributed by atoms with van der Waals surface area (Å²) in [5, 5.41) is 14.7. The SMILES string of the molecule is CC[C@H](CC(=O)N[C@H](Cc1cnc[nH]1)C(=O)O)NC(=O)OCC1c2ccccc2-c2ccccc21. The number of H-pyrrole nitrogens is 1. The standard InChI is InChI=1S/C26H28N4O5/c1-2-16(12-24(31)30-23(25(32)33)11-17-13-27-15-28-17)29-26(34)35-14-22-20-9-5-3-7-18(20)19-8-4-6-10-21(19)22/h3-10,13,15-16,22-23H,2,11-12,14H2,1H3,(H,27,28)(H,29,34)(H,30,31)(H,32,33)/t16-,23-/m1/s1. The molecule has 9 nitrogen and oxygen atoms in total. The quantitative estimate of drug-likeness (QED) is 0.355. The van der Waals surface area contributed by atoms with Crippen LogP contribution in [0.4, 0.5) is 4.79 Å². The summed E-state index contributed by atoms with van der Waals surface area (Å²) in [7, 11) is 0. The van der Waals surface area contributed by atoms with Gasteiger partial charge in [-0.1, -0.05) is 55.5 Å². The molecule has 0 radical (unpaired) electrons. The van der Waals surface area contributed by atoms with Crippen LogP contribution in [0.25, 0.3) is 11.1 Å². The molecular weight excluding hydrogens is 448 g/mol. The Labute approximate surface area is 202 Å². The zero-order chi connectivity index (χ0) is 24.8. The summed E-state index contributed by atoms with van der Waals surface area (Å²) in [5.74, 6) is -1.68. The van der Waals surface area contributed by atoms with Crippen molar-refractivity contribution in [3.05, 3.63) is 77.9 Å². The number of amides is 2. The van der Waals surface area contributed by atoms with Crippen molar-refractivity contribution in [3.8, 4) is 11.1 Å². The van der Waals surface area contributed by atoms with Gasteiger partial charge < -0.3 is 25.5 Å². The first kappa shape index (κ1) is 24.0. The van der Waals surface area contributed by atoms with Crippen LogP contribution in [-0.2, 0) is 20.7 Å². The van der Waals surface area contributed by atoms with Gasteiger partial charge in [0.2, 0.25) is 5.91 Å². The van der Waals surface area contributed by atoms with Gasteiger partial charge in [0, 0.05) is 36.7 Å². The first-order valence-corrected chi connectivity index (χ1v) is 11.6. The van der Waals surface area contributed by atoms with E-state index in [4.69, 9.17) is 4.74 Å². The number of benzene rings is 2. The second-order valence-electron chi connectivity index (χ2n) is 8.52. The lowest BCUT2D eigenvalue weighted by Gasteiger charge is -2.20. The van der Waals surface area contributed by atoms with E-state index >= 15 is 0 Å². The fourth-order valence-electron chi connectivity index (χ4n) is 4.40. The molecule has 182 valence electrons. The van der Waals surface area contributed by atoms with E-state index in [1.54, 1.807) is 0 Å². The number of aliphatic carboxylic acids is 1. The monoisotopic (exact) mass is 476 g/mol. The lowest BCUT2D eigenvalue weighted by molar-refractivity contribution is -0.141. The number of carboxylic acid groups (broad SMARTS) is 1. The molecule has 9 heteroatoms. The summed E-state index contributed by atoms with van der Waals surface area (Å²) in [6, 6.07) is 14.6. The van der Waals surface area contributed by atoms with Gasteiger partial charge in [-0.25, -0.2) is 14.6 Å². The molecule has 4 rings (SSSR count). The third-order valence-corrected chi connectivity index (χ3v) is 6.20. The van der Waals surface area contributed by atoms with Crippen LogP contribution in [0.15, 0.2) is 61.1 Å². The average Bonchev–Trinajstić information content (AvgIpc) is 3.48. The predicted octanol–water partition coefficient (Wildman–Crippen LogP) is 3.23. The molecule has 1 aromatic heterocycles. The Morgan fingerprint density at radius 1 is 1.06 bits per heavy atom. The Kier molecular flexibility index (Phi) is 7.45. The first-order chi connectivity index (χ1) is 17.0. The number of rotatable bonds is 10. The van der Waals surface area contributed by atoms with Crippen LogP contribution < -0.4 is 10.6 Å². The first-order valence-electron chi connectivity index (χ1n) is 11.6. The van der Waals surface area contributed by atoms with Gasteiger partial charge in [0.15, 0.2) is 0 Å². The maximum Gasteiger partial charge on any atom is 0.407 e. The van der Waals surface area contributed by atoms with Crippen molar-refractivity contribution in [2.75, 3.05) is 6.61 Å². The molecule has 4 N–H and O–H groups in total. The number of aromatic nitrogens is 2. The van der Waals surface area contributed by atoms with Crippen LogP contribution >= 0.6 is 0 Å². The second kappa shape index (κ2) is 10.9. The fourth-order valence-corrected chi connectivity index (χ4v) is 4.40. The van der Waals surface area contributed by atoms with Crippen LogP contribution in [-0.4, -0.2) is 51.7 Å². The van der Waals surface area contributed by atoms with E-state index in [2.05, 4.69) is 32.7 Å². The highest BCUT2D eigenvalue weighted by Gasteiger charge is 2.29.